The van der Waals surface area contributed by atoms with Crippen LogP contribution in [-0.2, 0) is 6.18 Å². The highest BCUT2D eigenvalue weighted by Crippen LogP contribution is 2.32. The number of halogens is 3. The van der Waals surface area contributed by atoms with Crippen molar-refractivity contribution in [2.45, 2.75) is 39.3 Å². The monoisotopic (exact) mass is 287 g/mol. The molecule has 112 valence electrons. The fourth-order valence-corrected chi connectivity index (χ4v) is 2.97. The van der Waals surface area contributed by atoms with Crippen molar-refractivity contribution in [3.8, 4) is 0 Å². The Labute approximate surface area is 117 Å². The number of anilines is 1. The Morgan fingerprint density at radius 3 is 2.65 bits per heavy atom. The molecule has 0 radical (unpaired) electrons. The normalized spacial score (nSPS) is 19.9. The first-order chi connectivity index (χ1) is 9.45. The molecule has 1 fully saturated rings. The second-order valence-electron chi connectivity index (χ2n) is 5.31. The van der Waals surface area contributed by atoms with Gasteiger partial charge in [-0.15, -0.1) is 0 Å². The van der Waals surface area contributed by atoms with Crippen molar-refractivity contribution < 1.29 is 13.2 Å². The van der Waals surface area contributed by atoms with E-state index in [1.807, 2.05) is 4.90 Å². The molecule has 1 aromatic heterocycles. The summed E-state index contributed by atoms with van der Waals surface area (Å²) in [6.07, 6.45) is 0.00462. The lowest BCUT2D eigenvalue weighted by Gasteiger charge is -2.21. The fraction of sp³-hybridized carbons (Fsp3) is 0.714. The van der Waals surface area contributed by atoms with E-state index in [0.717, 1.165) is 38.4 Å². The molecule has 1 unspecified atom stereocenters. The number of hydrogen-bond donors (Lipinski definition) is 0. The van der Waals surface area contributed by atoms with Crippen molar-refractivity contribution in [3.63, 3.8) is 0 Å². The summed E-state index contributed by atoms with van der Waals surface area (Å²) < 4.78 is 38.0. The molecule has 6 heteroatoms. The minimum atomic E-state index is -4.41. The maximum Gasteiger partial charge on any atom is 0.433 e. The van der Waals surface area contributed by atoms with Gasteiger partial charge >= 0.3 is 6.18 Å². The summed E-state index contributed by atoms with van der Waals surface area (Å²) in [5.41, 5.74) is -0.867. The minimum absolute atomic E-state index is 0.202. The molecule has 2 rings (SSSR count). The van der Waals surface area contributed by atoms with Crippen LogP contribution in [0.15, 0.2) is 12.3 Å². The molecule has 0 bridgehead atoms. The average molecular weight is 287 g/mol. The van der Waals surface area contributed by atoms with Gasteiger partial charge in [0.1, 0.15) is 5.69 Å². The van der Waals surface area contributed by atoms with Crippen LogP contribution < -0.4 is 4.90 Å². The molecule has 1 aliphatic rings. The van der Waals surface area contributed by atoms with Gasteiger partial charge in [0, 0.05) is 19.3 Å². The third-order valence-electron chi connectivity index (χ3n) is 4.16. The molecule has 0 aromatic carbocycles. The molecule has 0 saturated carbocycles. The molecule has 1 aliphatic heterocycles. The molecule has 1 atom stereocenters. The van der Waals surface area contributed by atoms with Gasteiger partial charge in [-0.2, -0.15) is 13.2 Å². The molecule has 20 heavy (non-hydrogen) atoms. The van der Waals surface area contributed by atoms with E-state index in [1.54, 1.807) is 0 Å². The summed E-state index contributed by atoms with van der Waals surface area (Å²) in [6.45, 7) is 5.82. The van der Waals surface area contributed by atoms with Gasteiger partial charge in [-0.3, -0.25) is 0 Å². The quantitative estimate of drug-likeness (QED) is 0.844. The van der Waals surface area contributed by atoms with E-state index in [-0.39, 0.29) is 5.95 Å². The maximum absolute atomic E-state index is 12.7. The van der Waals surface area contributed by atoms with Gasteiger partial charge < -0.3 is 4.90 Å². The number of alkyl halides is 3. The Hall–Kier alpha value is -1.33. The van der Waals surface area contributed by atoms with Crippen molar-refractivity contribution in [3.05, 3.63) is 18.0 Å². The number of nitrogens with zero attached hydrogens (tertiary/aromatic N) is 3. The number of aromatic nitrogens is 2. The number of hydrogen-bond acceptors (Lipinski definition) is 3. The van der Waals surface area contributed by atoms with Crippen LogP contribution in [0.25, 0.3) is 0 Å². The summed E-state index contributed by atoms with van der Waals surface area (Å²) in [5.74, 6) is 1.36. The van der Waals surface area contributed by atoms with Crippen molar-refractivity contribution in [2.24, 2.45) is 11.8 Å². The summed E-state index contributed by atoms with van der Waals surface area (Å²) >= 11 is 0. The molecule has 2 heterocycles. The lowest BCUT2D eigenvalue weighted by Crippen LogP contribution is -2.25. The Balaban J connectivity index is 2.10. The highest BCUT2D eigenvalue weighted by molar-refractivity contribution is 5.32. The smallest absolute Gasteiger partial charge is 0.341 e. The van der Waals surface area contributed by atoms with E-state index >= 15 is 0 Å². The second kappa shape index (κ2) is 5.97. The largest absolute Gasteiger partial charge is 0.433 e. The predicted octanol–water partition coefficient (Wildman–Crippen LogP) is 3.76. The highest BCUT2D eigenvalue weighted by Gasteiger charge is 2.34. The molecule has 0 amide bonds. The lowest BCUT2D eigenvalue weighted by atomic mass is 9.87. The van der Waals surface area contributed by atoms with E-state index in [4.69, 9.17) is 0 Å². The van der Waals surface area contributed by atoms with Gasteiger partial charge in [-0.25, -0.2) is 9.97 Å². The van der Waals surface area contributed by atoms with Crippen LogP contribution in [0.4, 0.5) is 19.1 Å². The molecule has 0 aliphatic carbocycles. The SMILES string of the molecule is CCC(CC)C1CCN(c2nccc(C(F)(F)F)n2)C1. The van der Waals surface area contributed by atoms with Crippen LogP contribution in [-0.4, -0.2) is 23.1 Å². The van der Waals surface area contributed by atoms with Gasteiger partial charge in [0.2, 0.25) is 5.95 Å². The van der Waals surface area contributed by atoms with Crippen LogP contribution in [0.5, 0.6) is 0 Å². The zero-order valence-electron chi connectivity index (χ0n) is 11.8. The molecular weight excluding hydrogens is 267 g/mol. The topological polar surface area (TPSA) is 29.0 Å². The predicted molar refractivity (Wildman–Crippen MR) is 71.4 cm³/mol. The van der Waals surface area contributed by atoms with Gasteiger partial charge in [0.05, 0.1) is 0 Å². The Bertz CT molecular complexity index is 444. The Morgan fingerprint density at radius 1 is 1.35 bits per heavy atom. The standard InChI is InChI=1S/C14H20F3N3/c1-3-10(4-2)11-6-8-20(9-11)13-18-7-5-12(19-13)14(15,16)17/h5,7,10-11H,3-4,6,8-9H2,1-2H3. The average Bonchev–Trinajstić information content (AvgIpc) is 2.89. The Kier molecular flexibility index (Phi) is 4.50. The van der Waals surface area contributed by atoms with Gasteiger partial charge in [-0.05, 0) is 24.3 Å². The van der Waals surface area contributed by atoms with Crippen LogP contribution >= 0.6 is 0 Å². The summed E-state index contributed by atoms with van der Waals surface area (Å²) in [4.78, 5) is 9.53. The van der Waals surface area contributed by atoms with Gasteiger partial charge in [-0.1, -0.05) is 26.7 Å². The lowest BCUT2D eigenvalue weighted by molar-refractivity contribution is -0.141. The molecule has 0 N–H and O–H groups in total. The van der Waals surface area contributed by atoms with E-state index in [0.29, 0.717) is 11.8 Å². The molecule has 1 saturated heterocycles. The van der Waals surface area contributed by atoms with Crippen molar-refractivity contribution >= 4 is 5.95 Å². The van der Waals surface area contributed by atoms with E-state index in [9.17, 15) is 13.2 Å². The molecule has 3 nitrogen and oxygen atoms in total. The third kappa shape index (κ3) is 3.22. The van der Waals surface area contributed by atoms with E-state index in [1.165, 1.54) is 6.20 Å². The van der Waals surface area contributed by atoms with E-state index < -0.39 is 11.9 Å². The Morgan fingerprint density at radius 2 is 2.05 bits per heavy atom. The molecule has 1 aromatic rings. The van der Waals surface area contributed by atoms with Crippen LogP contribution in [0.3, 0.4) is 0 Å². The van der Waals surface area contributed by atoms with Crippen molar-refractivity contribution in [1.29, 1.82) is 0 Å². The van der Waals surface area contributed by atoms with Crippen molar-refractivity contribution in [1.82, 2.24) is 9.97 Å². The van der Waals surface area contributed by atoms with E-state index in [2.05, 4.69) is 23.8 Å². The molecular formula is C14H20F3N3. The minimum Gasteiger partial charge on any atom is -0.341 e. The first-order valence-electron chi connectivity index (χ1n) is 7.10. The van der Waals surface area contributed by atoms with Crippen LogP contribution in [0.1, 0.15) is 38.8 Å². The maximum atomic E-state index is 12.7. The fourth-order valence-electron chi connectivity index (χ4n) is 2.97. The van der Waals surface area contributed by atoms with Gasteiger partial charge in [0.15, 0.2) is 0 Å². The highest BCUT2D eigenvalue weighted by atomic mass is 19.4. The second-order valence-corrected chi connectivity index (χ2v) is 5.31. The molecule has 0 spiro atoms. The first kappa shape index (κ1) is 15.1. The summed E-state index contributed by atoms with van der Waals surface area (Å²) in [6, 6.07) is 0.915. The van der Waals surface area contributed by atoms with Crippen LogP contribution in [0.2, 0.25) is 0 Å². The van der Waals surface area contributed by atoms with Crippen molar-refractivity contribution in [2.75, 3.05) is 18.0 Å². The first-order valence-corrected chi connectivity index (χ1v) is 7.10. The van der Waals surface area contributed by atoms with Crippen LogP contribution in [0, 0.1) is 11.8 Å². The van der Waals surface area contributed by atoms with Gasteiger partial charge in [0.25, 0.3) is 0 Å². The zero-order valence-corrected chi connectivity index (χ0v) is 11.8. The number of rotatable bonds is 4. The summed E-state index contributed by atoms with van der Waals surface area (Å²) in [7, 11) is 0. The third-order valence-corrected chi connectivity index (χ3v) is 4.16. The zero-order chi connectivity index (χ0) is 14.8. The summed E-state index contributed by atoms with van der Waals surface area (Å²) in [5, 5.41) is 0.